The summed E-state index contributed by atoms with van der Waals surface area (Å²) in [7, 11) is 0. The van der Waals surface area contributed by atoms with Gasteiger partial charge >= 0.3 is 0 Å². The van der Waals surface area contributed by atoms with E-state index in [-0.39, 0.29) is 0 Å². The summed E-state index contributed by atoms with van der Waals surface area (Å²) in [5.74, 6) is 0. The average molecular weight is 694 g/mol. The fourth-order valence-corrected chi connectivity index (χ4v) is 9.40. The van der Waals surface area contributed by atoms with E-state index in [0.29, 0.717) is 0 Å². The van der Waals surface area contributed by atoms with Crippen LogP contribution in [0.15, 0.2) is 192 Å². The standard InChI is InChI=1S/C50H31NOS/c1-2-11-33(12-3-1)39-29-30-44(48-42-16-7-9-20-47(42)53-50(39)48)51(45-18-10-17-41-40-15-6-8-19-46(40)52-49(41)45)37-27-25-32(26-28-37)36-24-23-35-22-21-34-13-4-5-14-38(34)43(35)31-36/h1-31H. The number of hydrogen-bond donors (Lipinski definition) is 0. The molecule has 2 nitrogen and oxygen atoms in total. The third kappa shape index (κ3) is 4.78. The predicted molar refractivity (Wildman–Crippen MR) is 227 cm³/mol. The minimum Gasteiger partial charge on any atom is -0.454 e. The number of rotatable bonds is 5. The molecule has 2 aromatic heterocycles. The van der Waals surface area contributed by atoms with Crippen LogP contribution >= 0.6 is 11.3 Å². The Bertz CT molecular complexity index is 3170. The topological polar surface area (TPSA) is 16.4 Å². The molecule has 0 saturated heterocycles. The third-order valence-corrected chi connectivity index (χ3v) is 11.9. The van der Waals surface area contributed by atoms with Gasteiger partial charge in [-0.3, -0.25) is 0 Å². The molecule has 0 amide bonds. The lowest BCUT2D eigenvalue weighted by atomic mass is 9.97. The lowest BCUT2D eigenvalue weighted by Gasteiger charge is -2.27. The van der Waals surface area contributed by atoms with E-state index in [2.05, 4.69) is 187 Å². The van der Waals surface area contributed by atoms with Crippen molar-refractivity contribution in [1.29, 1.82) is 0 Å². The van der Waals surface area contributed by atoms with Gasteiger partial charge in [0.2, 0.25) is 0 Å². The Kier molecular flexibility index (Phi) is 6.76. The van der Waals surface area contributed by atoms with Gasteiger partial charge in [0.05, 0.1) is 11.4 Å². The molecule has 11 aromatic rings. The van der Waals surface area contributed by atoms with Gasteiger partial charge in [-0.1, -0.05) is 146 Å². The summed E-state index contributed by atoms with van der Waals surface area (Å²) in [6.45, 7) is 0. The van der Waals surface area contributed by atoms with Crippen LogP contribution in [0.5, 0.6) is 0 Å². The first-order valence-electron chi connectivity index (χ1n) is 18.0. The van der Waals surface area contributed by atoms with Crippen LogP contribution in [-0.4, -0.2) is 0 Å². The second kappa shape index (κ2) is 11.9. The largest absolute Gasteiger partial charge is 0.454 e. The molecule has 2 heterocycles. The first-order chi connectivity index (χ1) is 26.3. The van der Waals surface area contributed by atoms with E-state index in [1.54, 1.807) is 0 Å². The zero-order valence-electron chi connectivity index (χ0n) is 28.7. The Labute approximate surface area is 310 Å². The molecule has 248 valence electrons. The Morgan fingerprint density at radius 1 is 0.415 bits per heavy atom. The zero-order chi connectivity index (χ0) is 34.9. The molecule has 0 radical (unpaired) electrons. The second-order valence-corrected chi connectivity index (χ2v) is 14.7. The summed E-state index contributed by atoms with van der Waals surface area (Å²) in [5, 5.41) is 9.78. The van der Waals surface area contributed by atoms with Crippen LogP contribution in [0.25, 0.3) is 85.9 Å². The highest BCUT2D eigenvalue weighted by Crippen LogP contribution is 2.50. The van der Waals surface area contributed by atoms with Crippen LogP contribution in [0.4, 0.5) is 17.1 Å². The third-order valence-electron chi connectivity index (χ3n) is 10.7. The van der Waals surface area contributed by atoms with Gasteiger partial charge in [0.1, 0.15) is 5.58 Å². The van der Waals surface area contributed by atoms with Gasteiger partial charge < -0.3 is 9.32 Å². The molecule has 0 N–H and O–H groups in total. The monoisotopic (exact) mass is 693 g/mol. The van der Waals surface area contributed by atoms with Gasteiger partial charge in [-0.15, -0.1) is 11.3 Å². The van der Waals surface area contributed by atoms with Gasteiger partial charge in [0.15, 0.2) is 5.58 Å². The molecule has 0 atom stereocenters. The van der Waals surface area contributed by atoms with Gasteiger partial charge in [0.25, 0.3) is 0 Å². The van der Waals surface area contributed by atoms with Crippen molar-refractivity contribution in [2.24, 2.45) is 0 Å². The second-order valence-electron chi connectivity index (χ2n) is 13.7. The fraction of sp³-hybridized carbons (Fsp3) is 0. The average Bonchev–Trinajstić information content (AvgIpc) is 3.81. The normalized spacial score (nSPS) is 11.8. The van der Waals surface area contributed by atoms with E-state index in [1.807, 2.05) is 17.4 Å². The summed E-state index contributed by atoms with van der Waals surface area (Å²) < 4.78 is 9.26. The van der Waals surface area contributed by atoms with E-state index in [0.717, 1.165) is 39.0 Å². The zero-order valence-corrected chi connectivity index (χ0v) is 29.5. The Hall–Kier alpha value is -6.68. The van der Waals surface area contributed by atoms with E-state index >= 15 is 0 Å². The SMILES string of the molecule is c1ccc(-c2ccc(N(c3ccc(-c4ccc5ccc6ccccc6c5c4)cc3)c3cccc4c3oc3ccccc34)c3c2sc2ccccc23)cc1. The molecule has 0 saturated carbocycles. The molecule has 9 aromatic carbocycles. The number of anilines is 3. The number of benzene rings is 9. The van der Waals surface area contributed by atoms with Crippen LogP contribution in [0.3, 0.4) is 0 Å². The lowest BCUT2D eigenvalue weighted by Crippen LogP contribution is -2.10. The van der Waals surface area contributed by atoms with Crippen LogP contribution in [0.2, 0.25) is 0 Å². The van der Waals surface area contributed by atoms with Gasteiger partial charge in [-0.2, -0.15) is 0 Å². The quantitative estimate of drug-likeness (QED) is 0.167. The van der Waals surface area contributed by atoms with Crippen molar-refractivity contribution < 1.29 is 4.42 Å². The van der Waals surface area contributed by atoms with Crippen LogP contribution in [0.1, 0.15) is 0 Å². The van der Waals surface area contributed by atoms with Crippen molar-refractivity contribution in [2.75, 3.05) is 4.90 Å². The molecule has 0 spiro atoms. The fourth-order valence-electron chi connectivity index (χ4n) is 8.14. The molecule has 0 aliphatic heterocycles. The number of furan rings is 1. The molecule has 0 fully saturated rings. The summed E-state index contributed by atoms with van der Waals surface area (Å²) in [6.07, 6.45) is 0. The van der Waals surface area contributed by atoms with Crippen molar-refractivity contribution in [3.05, 3.63) is 188 Å². The molecule has 53 heavy (non-hydrogen) atoms. The van der Waals surface area contributed by atoms with Gasteiger partial charge in [-0.05, 0) is 86.3 Å². The van der Waals surface area contributed by atoms with Crippen molar-refractivity contribution in [1.82, 2.24) is 0 Å². The molecule has 0 unspecified atom stereocenters. The number of para-hydroxylation sites is 2. The van der Waals surface area contributed by atoms with Crippen LogP contribution in [-0.2, 0) is 0 Å². The molecular formula is C50H31NOS. The molecule has 0 aliphatic carbocycles. The summed E-state index contributed by atoms with van der Waals surface area (Å²) in [6, 6.07) is 67.9. The van der Waals surface area contributed by atoms with Crippen LogP contribution < -0.4 is 4.90 Å². The minimum atomic E-state index is 0.874. The van der Waals surface area contributed by atoms with Crippen molar-refractivity contribution in [2.45, 2.75) is 0 Å². The Morgan fingerprint density at radius 2 is 1.09 bits per heavy atom. The minimum absolute atomic E-state index is 0.874. The number of hydrogen-bond acceptors (Lipinski definition) is 3. The highest BCUT2D eigenvalue weighted by molar-refractivity contribution is 7.26. The summed E-state index contributed by atoms with van der Waals surface area (Å²) in [4.78, 5) is 2.40. The molecule has 11 rings (SSSR count). The number of thiophene rings is 1. The van der Waals surface area contributed by atoms with E-state index < -0.39 is 0 Å². The van der Waals surface area contributed by atoms with E-state index in [1.165, 1.54) is 64.0 Å². The number of nitrogens with zero attached hydrogens (tertiary/aromatic N) is 1. The van der Waals surface area contributed by atoms with E-state index in [9.17, 15) is 0 Å². The maximum atomic E-state index is 6.71. The maximum absolute atomic E-state index is 6.71. The molecule has 0 aliphatic rings. The highest BCUT2D eigenvalue weighted by atomic mass is 32.1. The summed E-state index contributed by atoms with van der Waals surface area (Å²) in [5.41, 5.74) is 9.79. The van der Waals surface area contributed by atoms with Gasteiger partial charge in [-0.25, -0.2) is 0 Å². The molecule has 3 heteroatoms. The molecular weight excluding hydrogens is 663 g/mol. The predicted octanol–water partition coefficient (Wildman–Crippen LogP) is 15.1. The number of fused-ring (bicyclic) bond motifs is 9. The van der Waals surface area contributed by atoms with Crippen molar-refractivity contribution >= 4 is 92.1 Å². The van der Waals surface area contributed by atoms with Crippen LogP contribution in [0, 0.1) is 0 Å². The maximum Gasteiger partial charge on any atom is 0.159 e. The Morgan fingerprint density at radius 3 is 1.96 bits per heavy atom. The summed E-state index contributed by atoms with van der Waals surface area (Å²) >= 11 is 1.86. The first-order valence-corrected chi connectivity index (χ1v) is 18.8. The Balaban J connectivity index is 1.15. The molecule has 0 bridgehead atoms. The van der Waals surface area contributed by atoms with Crippen molar-refractivity contribution in [3.8, 4) is 22.3 Å². The first kappa shape index (κ1) is 30.0. The van der Waals surface area contributed by atoms with E-state index in [4.69, 9.17) is 4.42 Å². The van der Waals surface area contributed by atoms with Crippen molar-refractivity contribution in [3.63, 3.8) is 0 Å². The lowest BCUT2D eigenvalue weighted by molar-refractivity contribution is 0.669. The van der Waals surface area contributed by atoms with Gasteiger partial charge in [0, 0.05) is 36.6 Å². The smallest absolute Gasteiger partial charge is 0.159 e. The highest BCUT2D eigenvalue weighted by Gasteiger charge is 2.24.